The van der Waals surface area contributed by atoms with Crippen LogP contribution in [-0.4, -0.2) is 22.9 Å². The molecule has 2 fully saturated rings. The van der Waals surface area contributed by atoms with Gasteiger partial charge in [-0.1, -0.05) is 0 Å². The van der Waals surface area contributed by atoms with Gasteiger partial charge in [-0.05, 0) is 48.3 Å². The highest BCUT2D eigenvalue weighted by Crippen LogP contribution is 2.49. The molecule has 1 N–H and O–H groups in total. The predicted octanol–water partition coefficient (Wildman–Crippen LogP) is 2.25. The van der Waals surface area contributed by atoms with Crippen molar-refractivity contribution in [1.29, 1.82) is 0 Å². The molecule has 4 heteroatoms. The van der Waals surface area contributed by atoms with Crippen LogP contribution >= 0.6 is 0 Å². The Kier molecular flexibility index (Phi) is 2.28. The van der Waals surface area contributed by atoms with Crippen molar-refractivity contribution in [2.24, 2.45) is 18.4 Å². The second-order valence-corrected chi connectivity index (χ2v) is 6.36. The zero-order valence-electron chi connectivity index (χ0n) is 11.1. The van der Waals surface area contributed by atoms with Crippen molar-refractivity contribution in [1.82, 2.24) is 15.1 Å². The molecule has 2 aromatic rings. The molecule has 2 heterocycles. The summed E-state index contributed by atoms with van der Waals surface area (Å²) in [5.74, 6) is 0.590. The molecule has 1 spiro atoms. The summed E-state index contributed by atoms with van der Waals surface area (Å²) in [4.78, 5) is 0. The Balaban J connectivity index is 1.56. The third-order valence-electron chi connectivity index (χ3n) is 4.84. The Hall–Kier alpha value is -1.42. The second-order valence-electron chi connectivity index (χ2n) is 6.36. The molecule has 3 nitrogen and oxygen atoms in total. The molecule has 0 atom stereocenters. The lowest BCUT2D eigenvalue weighted by Crippen LogP contribution is -2.60. The maximum Gasteiger partial charge on any atom is 0.134 e. The predicted molar refractivity (Wildman–Crippen MR) is 72.4 cm³/mol. The van der Waals surface area contributed by atoms with Gasteiger partial charge in [0.15, 0.2) is 0 Å². The van der Waals surface area contributed by atoms with Crippen molar-refractivity contribution >= 4 is 10.9 Å². The average molecular weight is 259 g/mol. The monoisotopic (exact) mass is 259 g/mol. The summed E-state index contributed by atoms with van der Waals surface area (Å²) in [6.45, 7) is 2.36. The molecule has 2 aliphatic rings. The van der Waals surface area contributed by atoms with Crippen LogP contribution in [0, 0.1) is 17.2 Å². The van der Waals surface area contributed by atoms with E-state index >= 15 is 0 Å². The van der Waals surface area contributed by atoms with Crippen LogP contribution in [-0.2, 0) is 13.5 Å². The molecule has 1 saturated heterocycles. The van der Waals surface area contributed by atoms with Gasteiger partial charge in [0, 0.05) is 20.1 Å². The van der Waals surface area contributed by atoms with E-state index in [1.54, 1.807) is 16.9 Å². The molecule has 4 rings (SSSR count). The van der Waals surface area contributed by atoms with Crippen molar-refractivity contribution in [3.05, 3.63) is 29.7 Å². The molecule has 0 bridgehead atoms. The molecule has 0 amide bonds. The van der Waals surface area contributed by atoms with Crippen LogP contribution < -0.4 is 5.32 Å². The van der Waals surface area contributed by atoms with Crippen molar-refractivity contribution in [2.75, 3.05) is 13.1 Å². The summed E-state index contributed by atoms with van der Waals surface area (Å²) < 4.78 is 15.7. The Morgan fingerprint density at radius 3 is 2.89 bits per heavy atom. The van der Waals surface area contributed by atoms with Crippen molar-refractivity contribution < 1.29 is 4.39 Å². The molecule has 19 heavy (non-hydrogen) atoms. The Labute approximate surface area is 111 Å². The second kappa shape index (κ2) is 3.79. The number of aryl methyl sites for hydroxylation is 1. The molecular weight excluding hydrogens is 241 g/mol. The van der Waals surface area contributed by atoms with Gasteiger partial charge >= 0.3 is 0 Å². The van der Waals surface area contributed by atoms with E-state index in [4.69, 9.17) is 0 Å². The van der Waals surface area contributed by atoms with Crippen LogP contribution in [0.5, 0.6) is 0 Å². The number of nitrogens with zero attached hydrogens (tertiary/aromatic N) is 2. The number of fused-ring (bicyclic) bond motifs is 1. The quantitative estimate of drug-likeness (QED) is 0.896. The van der Waals surface area contributed by atoms with Gasteiger partial charge in [-0.3, -0.25) is 4.68 Å². The molecule has 1 aromatic carbocycles. The summed E-state index contributed by atoms with van der Waals surface area (Å²) in [7, 11) is 1.87. The highest BCUT2D eigenvalue weighted by atomic mass is 19.1. The summed E-state index contributed by atoms with van der Waals surface area (Å²) in [5.41, 5.74) is 2.61. The Morgan fingerprint density at radius 1 is 1.42 bits per heavy atom. The normalized spacial score (nSPS) is 21.6. The van der Waals surface area contributed by atoms with E-state index in [0.717, 1.165) is 23.4 Å². The molecule has 100 valence electrons. The standard InChI is InChI=1S/C15H18FN3/c1-19-14-4-10(3-13(16)12(14)7-18-19)2-11-5-15(6-11)8-17-9-15/h3-4,7,11,17H,2,5-6,8-9H2,1H3. The first kappa shape index (κ1) is 11.4. The van der Waals surface area contributed by atoms with E-state index in [0.29, 0.717) is 10.8 Å². The molecule has 1 saturated carbocycles. The number of hydrogen-bond donors (Lipinski definition) is 1. The third kappa shape index (κ3) is 1.70. The lowest BCUT2D eigenvalue weighted by molar-refractivity contribution is 0.000883. The zero-order valence-corrected chi connectivity index (χ0v) is 11.1. The highest BCUT2D eigenvalue weighted by Gasteiger charge is 2.47. The molecule has 0 radical (unpaired) electrons. The maximum atomic E-state index is 14.0. The van der Waals surface area contributed by atoms with Gasteiger partial charge in [0.1, 0.15) is 5.82 Å². The van der Waals surface area contributed by atoms with Crippen LogP contribution in [0.25, 0.3) is 10.9 Å². The van der Waals surface area contributed by atoms with E-state index in [-0.39, 0.29) is 5.82 Å². The smallest absolute Gasteiger partial charge is 0.134 e. The summed E-state index contributed by atoms with van der Waals surface area (Å²) in [6, 6.07) is 3.78. The third-order valence-corrected chi connectivity index (χ3v) is 4.84. The number of halogens is 1. The van der Waals surface area contributed by atoms with Crippen molar-refractivity contribution in [3.8, 4) is 0 Å². The van der Waals surface area contributed by atoms with E-state index in [9.17, 15) is 4.39 Å². The molecule has 1 aliphatic heterocycles. The van der Waals surface area contributed by atoms with E-state index < -0.39 is 0 Å². The number of benzene rings is 1. The largest absolute Gasteiger partial charge is 0.316 e. The van der Waals surface area contributed by atoms with Gasteiger partial charge < -0.3 is 5.32 Å². The number of rotatable bonds is 2. The Morgan fingerprint density at radius 2 is 2.21 bits per heavy atom. The first-order valence-corrected chi connectivity index (χ1v) is 6.96. The first-order valence-electron chi connectivity index (χ1n) is 6.96. The van der Waals surface area contributed by atoms with Gasteiger partial charge in [-0.2, -0.15) is 5.10 Å². The highest BCUT2D eigenvalue weighted by molar-refractivity contribution is 5.80. The molecule has 1 aliphatic carbocycles. The Bertz CT molecular complexity index is 634. The van der Waals surface area contributed by atoms with Gasteiger partial charge in [0.2, 0.25) is 0 Å². The van der Waals surface area contributed by atoms with Crippen LogP contribution in [0.15, 0.2) is 18.3 Å². The molecule has 1 aromatic heterocycles. The van der Waals surface area contributed by atoms with Gasteiger partial charge in [0.05, 0.1) is 17.1 Å². The number of aromatic nitrogens is 2. The minimum Gasteiger partial charge on any atom is -0.316 e. The first-order chi connectivity index (χ1) is 9.15. The van der Waals surface area contributed by atoms with Gasteiger partial charge in [0.25, 0.3) is 0 Å². The molecule has 0 unspecified atom stereocenters. The minimum atomic E-state index is -0.139. The maximum absolute atomic E-state index is 14.0. The number of hydrogen-bond acceptors (Lipinski definition) is 2. The van der Waals surface area contributed by atoms with E-state index in [1.807, 2.05) is 7.05 Å². The fourth-order valence-corrected chi connectivity index (χ4v) is 3.79. The zero-order chi connectivity index (χ0) is 13.0. The van der Waals surface area contributed by atoms with Crippen molar-refractivity contribution in [2.45, 2.75) is 19.3 Å². The van der Waals surface area contributed by atoms with Crippen LogP contribution in [0.4, 0.5) is 4.39 Å². The van der Waals surface area contributed by atoms with Crippen molar-refractivity contribution in [3.63, 3.8) is 0 Å². The molecular formula is C15H18FN3. The topological polar surface area (TPSA) is 29.9 Å². The van der Waals surface area contributed by atoms with Crippen LogP contribution in [0.1, 0.15) is 18.4 Å². The summed E-state index contributed by atoms with van der Waals surface area (Å²) >= 11 is 0. The van der Waals surface area contributed by atoms with Gasteiger partial charge in [-0.25, -0.2) is 4.39 Å². The van der Waals surface area contributed by atoms with Crippen LogP contribution in [0.3, 0.4) is 0 Å². The number of nitrogens with one attached hydrogen (secondary N) is 1. The fraction of sp³-hybridized carbons (Fsp3) is 0.533. The van der Waals surface area contributed by atoms with E-state index in [1.165, 1.54) is 25.9 Å². The average Bonchev–Trinajstić information content (AvgIpc) is 2.63. The minimum absolute atomic E-state index is 0.139. The van der Waals surface area contributed by atoms with E-state index in [2.05, 4.69) is 16.5 Å². The van der Waals surface area contributed by atoms with Crippen LogP contribution in [0.2, 0.25) is 0 Å². The SMILES string of the molecule is Cn1ncc2c(F)cc(CC3CC4(CNC4)C3)cc21. The summed E-state index contributed by atoms with van der Waals surface area (Å²) in [6.07, 6.45) is 5.20. The lowest BCUT2D eigenvalue weighted by Gasteiger charge is -2.54. The van der Waals surface area contributed by atoms with Gasteiger partial charge in [-0.15, -0.1) is 0 Å². The fourth-order valence-electron chi connectivity index (χ4n) is 3.79. The summed E-state index contributed by atoms with van der Waals surface area (Å²) in [5, 5.41) is 8.10. The lowest BCUT2D eigenvalue weighted by atomic mass is 9.57.